The molecule has 17 nitrogen and oxygen atoms in total. The molecule has 0 spiro atoms. The molecule has 0 saturated carbocycles. The molecule has 17 heteroatoms. The number of Topliss-reactive ketones (excluding diaryl/α,β-unsaturated/α-hetero) is 1. The first kappa shape index (κ1) is 43.5. The minimum atomic E-state index is -1.89. The molecule has 12 N–H and O–H groups in total. The van der Waals surface area contributed by atoms with Crippen molar-refractivity contribution in [3.63, 3.8) is 0 Å². The number of rotatable bonds is 28. The van der Waals surface area contributed by atoms with Crippen molar-refractivity contribution in [2.45, 2.75) is 121 Å². The molecule has 0 aromatic heterocycles. The fraction of sp³-hybridized carbons (Fsp3) is 0.828. The summed E-state index contributed by atoms with van der Waals surface area (Å²) in [7, 11) is 0. The van der Waals surface area contributed by atoms with Crippen LogP contribution in [0, 0.1) is 0 Å². The van der Waals surface area contributed by atoms with Crippen LogP contribution in [0.2, 0.25) is 0 Å². The van der Waals surface area contributed by atoms with Crippen LogP contribution in [0.5, 0.6) is 0 Å². The standard InChI is InChI=1S/C29H54N2O15/c1-18(34)19(31-23(38)10-4-7-17-46-29(44)27(42)25(40)21(36)12-15-33)8-2-5-13-30-22(37)9-3-6-16-45-28(43)26(41)24(39)20(35)11-14-32/h19-21,24,26,28-29,32-33,35-36,39-44H,2-17H2,1H3,(H,30,37)(H,31,38)/b27-25-. The SMILES string of the molecule is CC(=O)C(CCCCNC(=O)CCCCOC(O)C(O)C(O)C(O)CCO)NC(=O)CCCCOC(O)/C(O)=C(/O)C(O)CCO. The second-order valence-electron chi connectivity index (χ2n) is 10.8. The smallest absolute Gasteiger partial charge is 0.220 e. The van der Waals surface area contributed by atoms with E-state index in [9.17, 15) is 55.2 Å². The molecule has 46 heavy (non-hydrogen) atoms. The topological polar surface area (TPSA) is 296 Å². The van der Waals surface area contributed by atoms with Crippen LogP contribution in [0.15, 0.2) is 11.5 Å². The molecular weight excluding hydrogens is 616 g/mol. The van der Waals surface area contributed by atoms with Crippen LogP contribution in [-0.4, -0.2) is 145 Å². The average molecular weight is 671 g/mol. The Morgan fingerprint density at radius 1 is 0.674 bits per heavy atom. The summed E-state index contributed by atoms with van der Waals surface area (Å²) in [6.45, 7) is 0.796. The zero-order valence-corrected chi connectivity index (χ0v) is 26.4. The molecule has 7 unspecified atom stereocenters. The van der Waals surface area contributed by atoms with Crippen LogP contribution in [-0.2, 0) is 23.9 Å². The molecule has 0 radical (unpaired) electrons. The number of unbranched alkanes of at least 4 members (excludes halogenated alkanes) is 3. The maximum atomic E-state index is 12.3. The molecular formula is C29H54N2O15. The average Bonchev–Trinajstić information content (AvgIpc) is 3.01. The van der Waals surface area contributed by atoms with Gasteiger partial charge in [0.1, 0.15) is 18.3 Å². The number of aliphatic hydroxyl groups excluding tert-OH is 10. The number of carbonyl (C=O) groups excluding carboxylic acids is 3. The van der Waals surface area contributed by atoms with E-state index in [1.807, 2.05) is 0 Å². The monoisotopic (exact) mass is 670 g/mol. The number of ketones is 1. The third kappa shape index (κ3) is 19.3. The molecule has 0 rings (SSSR count). The Labute approximate surface area is 268 Å². The van der Waals surface area contributed by atoms with Gasteiger partial charge in [0.2, 0.25) is 18.1 Å². The Balaban J connectivity index is 4.11. The lowest BCUT2D eigenvalue weighted by Crippen LogP contribution is -2.45. The molecule has 0 aliphatic rings. The number of amides is 2. The van der Waals surface area contributed by atoms with Crippen molar-refractivity contribution in [1.29, 1.82) is 0 Å². The molecule has 0 bridgehead atoms. The van der Waals surface area contributed by atoms with Crippen molar-refractivity contribution < 1.29 is 74.9 Å². The lowest BCUT2D eigenvalue weighted by Gasteiger charge is -2.26. The number of carbonyl (C=O) groups is 3. The van der Waals surface area contributed by atoms with Crippen LogP contribution < -0.4 is 10.6 Å². The van der Waals surface area contributed by atoms with Gasteiger partial charge in [0.15, 0.2) is 23.6 Å². The predicted octanol–water partition coefficient (Wildman–Crippen LogP) is -2.11. The van der Waals surface area contributed by atoms with E-state index in [0.29, 0.717) is 51.5 Å². The van der Waals surface area contributed by atoms with E-state index < -0.39 is 67.8 Å². The van der Waals surface area contributed by atoms with Gasteiger partial charge in [0, 0.05) is 45.6 Å². The van der Waals surface area contributed by atoms with E-state index in [0.717, 1.165) is 0 Å². The molecule has 2 amide bonds. The number of nitrogens with one attached hydrogen (secondary N) is 2. The van der Waals surface area contributed by atoms with Gasteiger partial charge < -0.3 is 71.2 Å². The Morgan fingerprint density at radius 3 is 1.85 bits per heavy atom. The van der Waals surface area contributed by atoms with Gasteiger partial charge in [-0.3, -0.25) is 14.4 Å². The summed E-state index contributed by atoms with van der Waals surface area (Å²) in [5, 5.41) is 100. The molecule has 7 atom stereocenters. The van der Waals surface area contributed by atoms with Crippen molar-refractivity contribution in [1.82, 2.24) is 10.6 Å². The van der Waals surface area contributed by atoms with Crippen molar-refractivity contribution in [2.24, 2.45) is 0 Å². The van der Waals surface area contributed by atoms with Crippen molar-refractivity contribution in [3.8, 4) is 0 Å². The Bertz CT molecular complexity index is 891. The van der Waals surface area contributed by atoms with Gasteiger partial charge in [-0.2, -0.15) is 0 Å². The molecule has 0 aliphatic heterocycles. The van der Waals surface area contributed by atoms with E-state index in [4.69, 9.17) is 19.7 Å². The molecule has 0 aromatic rings. The maximum absolute atomic E-state index is 12.3. The van der Waals surface area contributed by atoms with Crippen LogP contribution in [0.4, 0.5) is 0 Å². The number of hydrogen-bond donors (Lipinski definition) is 12. The Hall–Kier alpha value is -2.45. The third-order valence-corrected chi connectivity index (χ3v) is 6.90. The second kappa shape index (κ2) is 25.6. The molecule has 0 fully saturated rings. The first-order valence-electron chi connectivity index (χ1n) is 15.5. The molecule has 0 aromatic carbocycles. The normalized spacial score (nSPS) is 16.8. The summed E-state index contributed by atoms with van der Waals surface area (Å²) in [5.41, 5.74) is 0. The van der Waals surface area contributed by atoms with Gasteiger partial charge in [-0.1, -0.05) is 0 Å². The first-order valence-corrected chi connectivity index (χ1v) is 15.5. The fourth-order valence-electron chi connectivity index (χ4n) is 4.04. The highest BCUT2D eigenvalue weighted by atomic mass is 16.6. The second-order valence-corrected chi connectivity index (χ2v) is 10.8. The van der Waals surface area contributed by atoms with Crippen molar-refractivity contribution >= 4 is 17.6 Å². The lowest BCUT2D eigenvalue weighted by atomic mass is 10.1. The Morgan fingerprint density at radius 2 is 1.26 bits per heavy atom. The van der Waals surface area contributed by atoms with Gasteiger partial charge in [0.05, 0.1) is 18.8 Å². The van der Waals surface area contributed by atoms with Crippen molar-refractivity contribution in [2.75, 3.05) is 33.0 Å². The van der Waals surface area contributed by atoms with Gasteiger partial charge in [-0.05, 0) is 58.3 Å². The minimum absolute atomic E-state index is 0.00453. The minimum Gasteiger partial charge on any atom is -0.506 e. The highest BCUT2D eigenvalue weighted by molar-refractivity contribution is 5.87. The van der Waals surface area contributed by atoms with Gasteiger partial charge in [-0.25, -0.2) is 0 Å². The number of ether oxygens (including phenoxy) is 2. The zero-order chi connectivity index (χ0) is 35.1. The van der Waals surface area contributed by atoms with Crippen LogP contribution in [0.3, 0.4) is 0 Å². The third-order valence-electron chi connectivity index (χ3n) is 6.90. The first-order chi connectivity index (χ1) is 21.8. The summed E-state index contributed by atoms with van der Waals surface area (Å²) < 4.78 is 9.99. The summed E-state index contributed by atoms with van der Waals surface area (Å²) in [4.78, 5) is 36.2. The van der Waals surface area contributed by atoms with E-state index in [2.05, 4.69) is 10.6 Å². The highest BCUT2D eigenvalue weighted by Crippen LogP contribution is 2.13. The van der Waals surface area contributed by atoms with Crippen LogP contribution in [0.1, 0.15) is 77.6 Å². The summed E-state index contributed by atoms with van der Waals surface area (Å²) in [6.07, 6.45) is -7.30. The summed E-state index contributed by atoms with van der Waals surface area (Å²) in [6, 6.07) is -0.690. The zero-order valence-electron chi connectivity index (χ0n) is 26.4. The molecule has 0 saturated heterocycles. The van der Waals surface area contributed by atoms with E-state index in [1.165, 1.54) is 6.92 Å². The molecule has 0 heterocycles. The Kier molecular flexibility index (Phi) is 24.3. The van der Waals surface area contributed by atoms with Crippen molar-refractivity contribution in [3.05, 3.63) is 11.5 Å². The number of hydrogen-bond acceptors (Lipinski definition) is 15. The maximum Gasteiger partial charge on any atom is 0.220 e. The molecule has 270 valence electrons. The van der Waals surface area contributed by atoms with Gasteiger partial charge in [-0.15, -0.1) is 0 Å². The predicted molar refractivity (Wildman–Crippen MR) is 161 cm³/mol. The summed E-state index contributed by atoms with van der Waals surface area (Å²) >= 11 is 0. The number of aliphatic hydroxyl groups is 10. The lowest BCUT2D eigenvalue weighted by molar-refractivity contribution is -0.203. The quantitative estimate of drug-likeness (QED) is 0.0241. The van der Waals surface area contributed by atoms with Crippen LogP contribution >= 0.6 is 0 Å². The largest absolute Gasteiger partial charge is 0.506 e. The molecule has 0 aliphatic carbocycles. The highest BCUT2D eigenvalue weighted by Gasteiger charge is 2.30. The van der Waals surface area contributed by atoms with E-state index in [-0.39, 0.29) is 56.5 Å². The van der Waals surface area contributed by atoms with Gasteiger partial charge in [0.25, 0.3) is 0 Å². The van der Waals surface area contributed by atoms with E-state index >= 15 is 0 Å². The van der Waals surface area contributed by atoms with Gasteiger partial charge >= 0.3 is 0 Å². The van der Waals surface area contributed by atoms with E-state index in [1.54, 1.807) is 0 Å². The van der Waals surface area contributed by atoms with Crippen LogP contribution in [0.25, 0.3) is 0 Å². The fourth-order valence-corrected chi connectivity index (χ4v) is 4.04. The summed E-state index contributed by atoms with van der Waals surface area (Å²) in [5.74, 6) is -2.67.